The summed E-state index contributed by atoms with van der Waals surface area (Å²) < 4.78 is 7.38. The first-order chi connectivity index (χ1) is 9.79. The zero-order valence-corrected chi connectivity index (χ0v) is 11.4. The van der Waals surface area contributed by atoms with Crippen molar-refractivity contribution >= 4 is 16.7 Å². The number of hydrogen-bond donors (Lipinski definition) is 1. The summed E-state index contributed by atoms with van der Waals surface area (Å²) in [7, 11) is 1.71. The fourth-order valence-electron chi connectivity index (χ4n) is 2.38. The number of ether oxygens (including phenoxy) is 1. The van der Waals surface area contributed by atoms with Gasteiger partial charge in [-0.1, -0.05) is 24.3 Å². The molecule has 2 aromatic carbocycles. The van der Waals surface area contributed by atoms with Gasteiger partial charge in [0.25, 0.3) is 0 Å². The molecule has 0 aliphatic carbocycles. The Kier molecular flexibility index (Phi) is 3.39. The van der Waals surface area contributed by atoms with Crippen LogP contribution in [0.3, 0.4) is 0 Å². The highest BCUT2D eigenvalue weighted by Gasteiger charge is 2.12. The van der Waals surface area contributed by atoms with Gasteiger partial charge in [-0.3, -0.25) is 0 Å². The number of rotatable bonds is 4. The molecule has 2 N–H and O–H groups in total. The van der Waals surface area contributed by atoms with Gasteiger partial charge in [0, 0.05) is 24.9 Å². The van der Waals surface area contributed by atoms with E-state index in [2.05, 4.69) is 10.6 Å². The zero-order chi connectivity index (χ0) is 13.9. The van der Waals surface area contributed by atoms with Crippen LogP contribution in [0.25, 0.3) is 22.4 Å². The van der Waals surface area contributed by atoms with Gasteiger partial charge in [0.05, 0.1) is 17.6 Å². The van der Waals surface area contributed by atoms with E-state index in [1.165, 1.54) is 0 Å². The molecule has 0 bridgehead atoms. The standard InChI is InChI=1S/C16H17N3O/c1-20-10-9-19-15-8-3-2-7-14(15)18-16(19)12-5-4-6-13(17)11-12/h2-8,11H,9-10,17H2,1H3. The van der Waals surface area contributed by atoms with Crippen LogP contribution in [0.5, 0.6) is 0 Å². The molecule has 0 amide bonds. The first-order valence-electron chi connectivity index (χ1n) is 6.59. The number of methoxy groups -OCH3 is 1. The molecule has 0 radical (unpaired) electrons. The lowest BCUT2D eigenvalue weighted by Gasteiger charge is -2.09. The van der Waals surface area contributed by atoms with Crippen LogP contribution in [0.2, 0.25) is 0 Å². The Hall–Kier alpha value is -2.33. The highest BCUT2D eigenvalue weighted by Crippen LogP contribution is 2.25. The predicted molar refractivity (Wildman–Crippen MR) is 81.5 cm³/mol. The summed E-state index contributed by atoms with van der Waals surface area (Å²) in [6, 6.07) is 15.9. The lowest BCUT2D eigenvalue weighted by molar-refractivity contribution is 0.188. The van der Waals surface area contributed by atoms with Gasteiger partial charge >= 0.3 is 0 Å². The van der Waals surface area contributed by atoms with Crippen molar-refractivity contribution in [3.8, 4) is 11.4 Å². The van der Waals surface area contributed by atoms with Crippen molar-refractivity contribution in [2.45, 2.75) is 6.54 Å². The van der Waals surface area contributed by atoms with Crippen molar-refractivity contribution in [1.29, 1.82) is 0 Å². The van der Waals surface area contributed by atoms with E-state index < -0.39 is 0 Å². The monoisotopic (exact) mass is 267 g/mol. The van der Waals surface area contributed by atoms with E-state index in [1.54, 1.807) is 7.11 Å². The Bertz CT molecular complexity index is 733. The van der Waals surface area contributed by atoms with Crippen molar-refractivity contribution in [3.63, 3.8) is 0 Å². The second-order valence-corrected chi connectivity index (χ2v) is 4.69. The predicted octanol–water partition coefficient (Wildman–Crippen LogP) is 2.93. The average Bonchev–Trinajstić information content (AvgIpc) is 2.84. The summed E-state index contributed by atoms with van der Waals surface area (Å²) >= 11 is 0. The number of hydrogen-bond acceptors (Lipinski definition) is 3. The van der Waals surface area contributed by atoms with E-state index in [0.717, 1.165) is 34.7 Å². The molecule has 0 aliphatic rings. The molecular formula is C16H17N3O. The normalized spacial score (nSPS) is 11.1. The minimum absolute atomic E-state index is 0.648. The summed E-state index contributed by atoms with van der Waals surface area (Å²) in [5.41, 5.74) is 9.75. The second-order valence-electron chi connectivity index (χ2n) is 4.69. The molecule has 0 fully saturated rings. The van der Waals surface area contributed by atoms with Gasteiger partial charge in [0.2, 0.25) is 0 Å². The minimum Gasteiger partial charge on any atom is -0.399 e. The molecule has 1 aromatic heterocycles. The van der Waals surface area contributed by atoms with Gasteiger partial charge in [0.1, 0.15) is 5.82 Å². The van der Waals surface area contributed by atoms with Gasteiger partial charge < -0.3 is 15.0 Å². The minimum atomic E-state index is 0.648. The molecule has 4 nitrogen and oxygen atoms in total. The van der Waals surface area contributed by atoms with Gasteiger partial charge in [-0.2, -0.15) is 0 Å². The quantitative estimate of drug-likeness (QED) is 0.739. The SMILES string of the molecule is COCCn1c(-c2cccc(N)c2)nc2ccccc21. The molecule has 1 heterocycles. The molecule has 102 valence electrons. The summed E-state index contributed by atoms with van der Waals surface area (Å²) in [5.74, 6) is 0.926. The number of benzene rings is 2. The number of fused-ring (bicyclic) bond motifs is 1. The molecular weight excluding hydrogens is 250 g/mol. The molecule has 0 unspecified atom stereocenters. The van der Waals surface area contributed by atoms with Gasteiger partial charge in [-0.05, 0) is 24.3 Å². The number of anilines is 1. The Morgan fingerprint density at radius 1 is 1.15 bits per heavy atom. The summed E-state index contributed by atoms with van der Waals surface area (Å²) in [6.45, 7) is 1.41. The maximum absolute atomic E-state index is 5.88. The molecule has 0 atom stereocenters. The Morgan fingerprint density at radius 2 is 2.00 bits per heavy atom. The van der Waals surface area contributed by atoms with Crippen molar-refractivity contribution in [2.24, 2.45) is 0 Å². The Labute approximate surface area is 117 Å². The topological polar surface area (TPSA) is 53.1 Å². The van der Waals surface area contributed by atoms with Crippen LogP contribution in [0, 0.1) is 0 Å². The van der Waals surface area contributed by atoms with Crippen LogP contribution in [-0.4, -0.2) is 23.3 Å². The maximum Gasteiger partial charge on any atom is 0.141 e. The first kappa shape index (κ1) is 12.7. The number of nitrogens with two attached hydrogens (primary N) is 1. The summed E-state index contributed by atoms with van der Waals surface area (Å²) in [6.07, 6.45) is 0. The summed E-state index contributed by atoms with van der Waals surface area (Å²) in [5, 5.41) is 0. The molecule has 3 aromatic rings. The number of nitrogens with zero attached hydrogens (tertiary/aromatic N) is 2. The van der Waals surface area contributed by atoms with Crippen LogP contribution >= 0.6 is 0 Å². The molecule has 0 spiro atoms. The van der Waals surface area contributed by atoms with E-state index in [0.29, 0.717) is 6.61 Å². The number of imidazole rings is 1. The molecule has 3 rings (SSSR count). The molecule has 0 saturated carbocycles. The lowest BCUT2D eigenvalue weighted by Crippen LogP contribution is -2.06. The van der Waals surface area contributed by atoms with E-state index >= 15 is 0 Å². The lowest BCUT2D eigenvalue weighted by atomic mass is 10.2. The number of para-hydroxylation sites is 2. The van der Waals surface area contributed by atoms with Crippen LogP contribution in [-0.2, 0) is 11.3 Å². The highest BCUT2D eigenvalue weighted by atomic mass is 16.5. The Balaban J connectivity index is 2.18. The Morgan fingerprint density at radius 3 is 2.80 bits per heavy atom. The average molecular weight is 267 g/mol. The summed E-state index contributed by atoms with van der Waals surface area (Å²) in [4.78, 5) is 4.73. The van der Waals surface area contributed by atoms with Crippen molar-refractivity contribution in [1.82, 2.24) is 9.55 Å². The van der Waals surface area contributed by atoms with Gasteiger partial charge in [0.15, 0.2) is 0 Å². The van der Waals surface area contributed by atoms with Crippen LogP contribution in [0.15, 0.2) is 48.5 Å². The molecule has 4 heteroatoms. The zero-order valence-electron chi connectivity index (χ0n) is 11.4. The number of nitrogen functional groups attached to an aromatic ring is 1. The fourth-order valence-corrected chi connectivity index (χ4v) is 2.38. The van der Waals surface area contributed by atoms with Crippen molar-refractivity contribution in [3.05, 3.63) is 48.5 Å². The van der Waals surface area contributed by atoms with E-state index in [-0.39, 0.29) is 0 Å². The van der Waals surface area contributed by atoms with Crippen LogP contribution in [0.1, 0.15) is 0 Å². The fraction of sp³-hybridized carbons (Fsp3) is 0.188. The second kappa shape index (κ2) is 5.35. The van der Waals surface area contributed by atoms with Gasteiger partial charge in [-0.25, -0.2) is 4.98 Å². The smallest absolute Gasteiger partial charge is 0.141 e. The molecule has 0 saturated heterocycles. The van der Waals surface area contributed by atoms with E-state index in [1.807, 2.05) is 42.5 Å². The van der Waals surface area contributed by atoms with Crippen molar-refractivity contribution in [2.75, 3.05) is 19.5 Å². The third-order valence-corrected chi connectivity index (χ3v) is 3.32. The molecule has 0 aliphatic heterocycles. The van der Waals surface area contributed by atoms with Crippen molar-refractivity contribution < 1.29 is 4.74 Å². The first-order valence-corrected chi connectivity index (χ1v) is 6.59. The largest absolute Gasteiger partial charge is 0.399 e. The third kappa shape index (κ3) is 2.26. The third-order valence-electron chi connectivity index (χ3n) is 3.32. The highest BCUT2D eigenvalue weighted by molar-refractivity contribution is 5.81. The maximum atomic E-state index is 5.88. The van der Waals surface area contributed by atoms with E-state index in [4.69, 9.17) is 15.5 Å². The van der Waals surface area contributed by atoms with E-state index in [9.17, 15) is 0 Å². The number of aromatic nitrogens is 2. The van der Waals surface area contributed by atoms with Crippen LogP contribution in [0.4, 0.5) is 5.69 Å². The molecule has 20 heavy (non-hydrogen) atoms. The van der Waals surface area contributed by atoms with Crippen LogP contribution < -0.4 is 5.73 Å². The van der Waals surface area contributed by atoms with Gasteiger partial charge in [-0.15, -0.1) is 0 Å².